The van der Waals surface area contributed by atoms with Crippen molar-refractivity contribution in [3.63, 3.8) is 0 Å². The number of pyridine rings is 1. The van der Waals surface area contributed by atoms with Crippen LogP contribution in [0.15, 0.2) is 18.3 Å². The molecule has 0 aliphatic carbocycles. The average molecular weight is 258 g/mol. The Morgan fingerprint density at radius 2 is 1.94 bits per heavy atom. The number of hydrogen-bond donors (Lipinski definition) is 0. The second-order valence-electron chi connectivity index (χ2n) is 5.32. The highest BCUT2D eigenvalue weighted by Crippen LogP contribution is 2.33. The molecule has 2 nitrogen and oxygen atoms in total. The van der Waals surface area contributed by atoms with Gasteiger partial charge in [-0.15, -0.1) is 0 Å². The van der Waals surface area contributed by atoms with Gasteiger partial charge in [0.15, 0.2) is 0 Å². The van der Waals surface area contributed by atoms with Gasteiger partial charge in [-0.2, -0.15) is 13.2 Å². The molecular formula is C13H17F3N2. The molecule has 100 valence electrons. The number of alkyl halides is 3. The predicted octanol–water partition coefficient (Wildman–Crippen LogP) is 3.87. The van der Waals surface area contributed by atoms with Crippen LogP contribution in [0.4, 0.5) is 19.0 Å². The Kier molecular flexibility index (Phi) is 3.25. The van der Waals surface area contributed by atoms with E-state index in [1.165, 1.54) is 6.07 Å². The number of rotatable bonds is 1. The molecule has 1 aliphatic heterocycles. The summed E-state index contributed by atoms with van der Waals surface area (Å²) >= 11 is 0. The van der Waals surface area contributed by atoms with E-state index in [0.717, 1.165) is 38.1 Å². The van der Waals surface area contributed by atoms with Crippen molar-refractivity contribution >= 4 is 5.82 Å². The summed E-state index contributed by atoms with van der Waals surface area (Å²) in [5.41, 5.74) is -0.730. The zero-order chi connectivity index (χ0) is 13.4. The van der Waals surface area contributed by atoms with Gasteiger partial charge >= 0.3 is 6.18 Å². The lowest BCUT2D eigenvalue weighted by molar-refractivity contribution is -0.137. The second-order valence-corrected chi connectivity index (χ2v) is 5.32. The maximum atomic E-state index is 12.5. The molecule has 18 heavy (non-hydrogen) atoms. The van der Waals surface area contributed by atoms with Gasteiger partial charge in [0.05, 0.1) is 5.56 Å². The number of aromatic nitrogens is 1. The Hall–Kier alpha value is -1.26. The van der Waals surface area contributed by atoms with Crippen molar-refractivity contribution in [2.75, 3.05) is 11.4 Å². The number of anilines is 1. The number of piperidine rings is 1. The number of nitrogens with zero attached hydrogens (tertiary/aromatic N) is 2. The van der Waals surface area contributed by atoms with E-state index in [4.69, 9.17) is 0 Å². The highest BCUT2D eigenvalue weighted by atomic mass is 19.4. The molecule has 2 rings (SSSR count). The number of halogens is 3. The zero-order valence-corrected chi connectivity index (χ0v) is 10.6. The largest absolute Gasteiger partial charge is 0.417 e. The summed E-state index contributed by atoms with van der Waals surface area (Å²) in [4.78, 5) is 6.06. The van der Waals surface area contributed by atoms with E-state index in [1.807, 2.05) is 0 Å². The molecule has 0 spiro atoms. The quantitative estimate of drug-likeness (QED) is 0.760. The van der Waals surface area contributed by atoms with Crippen LogP contribution >= 0.6 is 0 Å². The molecule has 0 aromatic carbocycles. The molecule has 1 aliphatic rings. The van der Waals surface area contributed by atoms with Crippen LogP contribution in [-0.2, 0) is 6.18 Å². The van der Waals surface area contributed by atoms with E-state index in [1.54, 1.807) is 0 Å². The molecule has 5 heteroatoms. The fourth-order valence-corrected chi connectivity index (χ4v) is 2.40. The van der Waals surface area contributed by atoms with Crippen molar-refractivity contribution in [3.05, 3.63) is 23.9 Å². The van der Waals surface area contributed by atoms with Crippen LogP contribution < -0.4 is 4.90 Å². The maximum Gasteiger partial charge on any atom is 0.417 e. The smallest absolute Gasteiger partial charge is 0.352 e. The van der Waals surface area contributed by atoms with E-state index in [-0.39, 0.29) is 5.54 Å². The first-order valence-electron chi connectivity index (χ1n) is 6.12. The third-order valence-electron chi connectivity index (χ3n) is 3.50. The van der Waals surface area contributed by atoms with E-state index >= 15 is 0 Å². The van der Waals surface area contributed by atoms with Crippen molar-refractivity contribution in [1.82, 2.24) is 4.98 Å². The van der Waals surface area contributed by atoms with E-state index in [9.17, 15) is 13.2 Å². The summed E-state index contributed by atoms with van der Waals surface area (Å²) in [5.74, 6) is 0.632. The van der Waals surface area contributed by atoms with Crippen molar-refractivity contribution in [2.45, 2.75) is 44.8 Å². The Morgan fingerprint density at radius 3 is 2.44 bits per heavy atom. The minimum absolute atomic E-state index is 0.0367. The molecule has 0 N–H and O–H groups in total. The van der Waals surface area contributed by atoms with Gasteiger partial charge in [0.2, 0.25) is 0 Å². The molecule has 0 atom stereocenters. The van der Waals surface area contributed by atoms with Gasteiger partial charge in [-0.3, -0.25) is 0 Å². The normalized spacial score (nSPS) is 19.9. The van der Waals surface area contributed by atoms with Gasteiger partial charge in [0, 0.05) is 18.3 Å². The highest BCUT2D eigenvalue weighted by Gasteiger charge is 2.33. The van der Waals surface area contributed by atoms with Crippen LogP contribution in [0.2, 0.25) is 0 Å². The minimum Gasteiger partial charge on any atom is -0.352 e. The zero-order valence-electron chi connectivity index (χ0n) is 10.6. The van der Waals surface area contributed by atoms with Gasteiger partial charge in [0.1, 0.15) is 5.82 Å². The monoisotopic (exact) mass is 258 g/mol. The molecule has 0 radical (unpaired) electrons. The molecule has 0 amide bonds. The molecule has 0 bridgehead atoms. The van der Waals surface area contributed by atoms with Crippen LogP contribution in [0.1, 0.15) is 38.7 Å². The average Bonchev–Trinajstić information content (AvgIpc) is 2.27. The SMILES string of the molecule is CC1(C)CCCCN1c1ccc(C(F)(F)F)cn1. The molecule has 0 saturated carbocycles. The fraction of sp³-hybridized carbons (Fsp3) is 0.615. The summed E-state index contributed by atoms with van der Waals surface area (Å²) in [7, 11) is 0. The third-order valence-corrected chi connectivity index (χ3v) is 3.50. The van der Waals surface area contributed by atoms with Crippen molar-refractivity contribution in [2.24, 2.45) is 0 Å². The Balaban J connectivity index is 2.24. The Labute approximate surface area is 105 Å². The van der Waals surface area contributed by atoms with Gasteiger partial charge in [0.25, 0.3) is 0 Å². The summed E-state index contributed by atoms with van der Waals surface area (Å²) in [6.45, 7) is 5.06. The molecular weight excluding hydrogens is 241 g/mol. The van der Waals surface area contributed by atoms with E-state index in [2.05, 4.69) is 23.7 Å². The summed E-state index contributed by atoms with van der Waals surface area (Å²) in [5, 5.41) is 0. The molecule has 1 aromatic heterocycles. The van der Waals surface area contributed by atoms with Crippen LogP contribution in [0.5, 0.6) is 0 Å². The number of hydrogen-bond acceptors (Lipinski definition) is 2. The lowest BCUT2D eigenvalue weighted by Crippen LogP contribution is -2.48. The molecule has 1 aromatic rings. The molecule has 2 heterocycles. The van der Waals surface area contributed by atoms with E-state index in [0.29, 0.717) is 5.82 Å². The van der Waals surface area contributed by atoms with Crippen molar-refractivity contribution in [3.8, 4) is 0 Å². The first kappa shape index (κ1) is 13.2. The highest BCUT2D eigenvalue weighted by molar-refractivity contribution is 5.43. The van der Waals surface area contributed by atoms with Crippen molar-refractivity contribution < 1.29 is 13.2 Å². The predicted molar refractivity (Wildman–Crippen MR) is 64.5 cm³/mol. The summed E-state index contributed by atoms with van der Waals surface area (Å²) < 4.78 is 37.4. The molecule has 1 fully saturated rings. The standard InChI is InChI=1S/C13H17F3N2/c1-12(2)7-3-4-8-18(12)11-6-5-10(9-17-11)13(14,15)16/h5-6,9H,3-4,7-8H2,1-2H3. The fourth-order valence-electron chi connectivity index (χ4n) is 2.40. The third kappa shape index (κ3) is 2.60. The van der Waals surface area contributed by atoms with Gasteiger partial charge in [-0.1, -0.05) is 0 Å². The lowest BCUT2D eigenvalue weighted by atomic mass is 9.90. The topological polar surface area (TPSA) is 16.1 Å². The summed E-state index contributed by atoms with van der Waals surface area (Å²) in [6, 6.07) is 2.57. The Morgan fingerprint density at radius 1 is 1.22 bits per heavy atom. The Bertz CT molecular complexity index is 409. The lowest BCUT2D eigenvalue weighted by Gasteiger charge is -2.43. The van der Waals surface area contributed by atoms with Gasteiger partial charge in [-0.05, 0) is 45.2 Å². The molecule has 1 saturated heterocycles. The maximum absolute atomic E-state index is 12.5. The summed E-state index contributed by atoms with van der Waals surface area (Å²) in [6.07, 6.45) is -0.144. The van der Waals surface area contributed by atoms with Crippen LogP contribution in [0.3, 0.4) is 0 Å². The second kappa shape index (κ2) is 4.44. The van der Waals surface area contributed by atoms with Crippen LogP contribution in [-0.4, -0.2) is 17.1 Å². The van der Waals surface area contributed by atoms with Gasteiger partial charge in [-0.25, -0.2) is 4.98 Å². The van der Waals surface area contributed by atoms with Crippen molar-refractivity contribution in [1.29, 1.82) is 0 Å². The molecule has 0 unspecified atom stereocenters. The first-order chi connectivity index (χ1) is 8.31. The minimum atomic E-state index is -4.32. The van der Waals surface area contributed by atoms with E-state index < -0.39 is 11.7 Å². The van der Waals surface area contributed by atoms with Crippen LogP contribution in [0.25, 0.3) is 0 Å². The first-order valence-corrected chi connectivity index (χ1v) is 6.12. The van der Waals surface area contributed by atoms with Gasteiger partial charge < -0.3 is 4.90 Å². The van der Waals surface area contributed by atoms with Crippen LogP contribution in [0, 0.1) is 0 Å².